The Morgan fingerprint density at radius 2 is 2.00 bits per heavy atom. The van der Waals surface area contributed by atoms with Crippen molar-refractivity contribution in [1.82, 2.24) is 4.90 Å². The summed E-state index contributed by atoms with van der Waals surface area (Å²) >= 11 is 0. The summed E-state index contributed by atoms with van der Waals surface area (Å²) < 4.78 is 5.21. The Morgan fingerprint density at radius 3 is 2.33 bits per heavy atom. The van der Waals surface area contributed by atoms with Crippen molar-refractivity contribution in [3.63, 3.8) is 0 Å². The highest BCUT2D eigenvalue weighted by Crippen LogP contribution is 2.23. The van der Waals surface area contributed by atoms with Crippen molar-refractivity contribution in [2.45, 2.75) is 46.3 Å². The first kappa shape index (κ1) is 12.0. The lowest BCUT2D eigenvalue weighted by atomic mass is 9.91. The number of hydrogen-bond acceptors (Lipinski definition) is 3. The van der Waals surface area contributed by atoms with Crippen LogP contribution in [0.15, 0.2) is 0 Å². The molecule has 4 nitrogen and oxygen atoms in total. The highest BCUT2D eigenvalue weighted by molar-refractivity contribution is 5.97. The average molecular weight is 213 g/mol. The topological polar surface area (TPSA) is 46.6 Å². The van der Waals surface area contributed by atoms with E-state index in [1.807, 2.05) is 34.6 Å². The van der Waals surface area contributed by atoms with E-state index in [0.717, 1.165) is 0 Å². The Labute approximate surface area is 90.6 Å². The maximum atomic E-state index is 11.7. The van der Waals surface area contributed by atoms with Crippen LogP contribution in [0.4, 0.5) is 4.79 Å². The minimum atomic E-state index is -0.503. The summed E-state index contributed by atoms with van der Waals surface area (Å²) in [5.41, 5.74) is -0.503. The van der Waals surface area contributed by atoms with E-state index in [9.17, 15) is 9.59 Å². The van der Waals surface area contributed by atoms with Gasteiger partial charge in [-0.2, -0.15) is 0 Å². The highest BCUT2D eigenvalue weighted by Gasteiger charge is 2.44. The summed E-state index contributed by atoms with van der Waals surface area (Å²) in [6.45, 7) is 9.50. The van der Waals surface area contributed by atoms with E-state index in [1.54, 1.807) is 0 Å². The molecule has 1 aliphatic rings. The molecule has 1 fully saturated rings. The number of amides is 1. The first-order valence-corrected chi connectivity index (χ1v) is 5.24. The van der Waals surface area contributed by atoms with Crippen molar-refractivity contribution >= 4 is 11.9 Å². The van der Waals surface area contributed by atoms with E-state index in [0.29, 0.717) is 0 Å². The second-order valence-corrected chi connectivity index (χ2v) is 5.26. The zero-order valence-electron chi connectivity index (χ0n) is 10.0. The molecule has 0 spiro atoms. The SMILES string of the molecule is CC(C)[C@@H]1C(=O)CN1C(=O)OC(C)(C)C. The van der Waals surface area contributed by atoms with Gasteiger partial charge in [0.15, 0.2) is 5.78 Å². The van der Waals surface area contributed by atoms with Gasteiger partial charge in [0, 0.05) is 0 Å². The van der Waals surface area contributed by atoms with Crippen LogP contribution in [0.5, 0.6) is 0 Å². The molecule has 0 N–H and O–H groups in total. The standard InChI is InChI=1S/C11H19NO3/c1-7(2)9-8(13)6-12(9)10(14)15-11(3,4)5/h7,9H,6H2,1-5H3/t9-/m1/s1. The third-order valence-corrected chi connectivity index (χ3v) is 2.25. The minimum Gasteiger partial charge on any atom is -0.444 e. The Bertz CT molecular complexity index is 278. The smallest absolute Gasteiger partial charge is 0.411 e. The number of likely N-dealkylation sites (tertiary alicyclic amines) is 1. The average Bonchev–Trinajstić information content (AvgIpc) is 1.94. The van der Waals surface area contributed by atoms with Gasteiger partial charge >= 0.3 is 6.09 Å². The molecule has 1 amide bonds. The van der Waals surface area contributed by atoms with Crippen LogP contribution in [0.3, 0.4) is 0 Å². The van der Waals surface area contributed by atoms with Gasteiger partial charge in [-0.25, -0.2) is 4.79 Å². The Balaban J connectivity index is 2.59. The summed E-state index contributed by atoms with van der Waals surface area (Å²) in [5.74, 6) is 0.273. The summed E-state index contributed by atoms with van der Waals surface area (Å²) in [6, 6.07) is -0.292. The van der Waals surface area contributed by atoms with Gasteiger partial charge < -0.3 is 4.74 Å². The predicted molar refractivity (Wildman–Crippen MR) is 56.6 cm³/mol. The van der Waals surface area contributed by atoms with E-state index in [-0.39, 0.29) is 30.4 Å². The van der Waals surface area contributed by atoms with E-state index < -0.39 is 5.60 Å². The molecule has 1 saturated heterocycles. The van der Waals surface area contributed by atoms with Gasteiger partial charge in [0.25, 0.3) is 0 Å². The van der Waals surface area contributed by atoms with Gasteiger partial charge in [-0.1, -0.05) is 13.8 Å². The van der Waals surface area contributed by atoms with E-state index in [1.165, 1.54) is 4.90 Å². The maximum Gasteiger partial charge on any atom is 0.411 e. The van der Waals surface area contributed by atoms with Crippen LogP contribution in [0, 0.1) is 5.92 Å². The molecular formula is C11H19NO3. The molecule has 0 aromatic rings. The third kappa shape index (κ3) is 2.70. The first-order valence-electron chi connectivity index (χ1n) is 5.24. The third-order valence-electron chi connectivity index (χ3n) is 2.25. The zero-order chi connectivity index (χ0) is 11.8. The lowest BCUT2D eigenvalue weighted by molar-refractivity contribution is -0.138. The monoisotopic (exact) mass is 213 g/mol. The van der Waals surface area contributed by atoms with Crippen LogP contribution in [0.1, 0.15) is 34.6 Å². The second-order valence-electron chi connectivity index (χ2n) is 5.26. The summed E-state index contributed by atoms with van der Waals surface area (Å²) in [4.78, 5) is 24.5. The van der Waals surface area contributed by atoms with Crippen molar-refractivity contribution in [2.24, 2.45) is 5.92 Å². The highest BCUT2D eigenvalue weighted by atomic mass is 16.6. The van der Waals surface area contributed by atoms with Crippen molar-refractivity contribution in [3.8, 4) is 0 Å². The number of ether oxygens (including phenoxy) is 1. The molecule has 1 atom stereocenters. The van der Waals surface area contributed by atoms with Gasteiger partial charge in [-0.15, -0.1) is 0 Å². The van der Waals surface area contributed by atoms with Crippen molar-refractivity contribution in [1.29, 1.82) is 0 Å². The van der Waals surface area contributed by atoms with Crippen LogP contribution < -0.4 is 0 Å². The molecule has 0 saturated carbocycles. The van der Waals surface area contributed by atoms with Gasteiger partial charge in [-0.3, -0.25) is 9.69 Å². The number of hydrogen-bond donors (Lipinski definition) is 0. The molecule has 1 heterocycles. The fourth-order valence-electron chi connectivity index (χ4n) is 1.65. The van der Waals surface area contributed by atoms with Crippen molar-refractivity contribution in [3.05, 3.63) is 0 Å². The van der Waals surface area contributed by atoms with Crippen LogP contribution in [0.25, 0.3) is 0 Å². The molecule has 0 unspecified atom stereocenters. The summed E-state index contributed by atoms with van der Waals surface area (Å²) in [7, 11) is 0. The molecule has 0 bridgehead atoms. The Hall–Kier alpha value is -1.06. The Morgan fingerprint density at radius 1 is 1.47 bits per heavy atom. The van der Waals surface area contributed by atoms with Crippen LogP contribution in [-0.4, -0.2) is 35.0 Å². The van der Waals surface area contributed by atoms with Crippen LogP contribution >= 0.6 is 0 Å². The quantitative estimate of drug-likeness (QED) is 0.667. The second kappa shape index (κ2) is 3.83. The summed E-state index contributed by atoms with van der Waals surface area (Å²) in [5, 5.41) is 0. The predicted octanol–water partition coefficient (Wildman–Crippen LogP) is 1.83. The Kier molecular flexibility index (Phi) is 3.07. The molecule has 0 aromatic carbocycles. The number of Topliss-reactive ketones (excluding diaryl/α,β-unsaturated/α-hetero) is 1. The molecule has 0 aromatic heterocycles. The molecular weight excluding hydrogens is 194 g/mol. The molecule has 1 aliphatic heterocycles. The van der Waals surface area contributed by atoms with Gasteiger partial charge in [-0.05, 0) is 26.7 Å². The van der Waals surface area contributed by atoms with Crippen molar-refractivity contribution in [2.75, 3.05) is 6.54 Å². The number of nitrogens with zero attached hydrogens (tertiary/aromatic N) is 1. The minimum absolute atomic E-state index is 0.121. The molecule has 0 aliphatic carbocycles. The molecule has 1 rings (SSSR count). The molecule has 0 radical (unpaired) electrons. The fourth-order valence-corrected chi connectivity index (χ4v) is 1.65. The van der Waals surface area contributed by atoms with Gasteiger partial charge in [0.1, 0.15) is 5.60 Å². The van der Waals surface area contributed by atoms with E-state index >= 15 is 0 Å². The number of ketones is 1. The van der Waals surface area contributed by atoms with Crippen molar-refractivity contribution < 1.29 is 14.3 Å². The van der Waals surface area contributed by atoms with Gasteiger partial charge in [0.2, 0.25) is 0 Å². The fraction of sp³-hybridized carbons (Fsp3) is 0.818. The molecule has 15 heavy (non-hydrogen) atoms. The largest absolute Gasteiger partial charge is 0.444 e. The van der Waals surface area contributed by atoms with Gasteiger partial charge in [0.05, 0.1) is 12.6 Å². The normalized spacial score (nSPS) is 21.6. The lowest BCUT2D eigenvalue weighted by Crippen LogP contribution is -2.62. The first-order chi connectivity index (χ1) is 6.72. The summed E-state index contributed by atoms with van der Waals surface area (Å²) in [6.07, 6.45) is -0.388. The van der Waals surface area contributed by atoms with Crippen LogP contribution in [0.2, 0.25) is 0 Å². The molecule has 4 heteroatoms. The van der Waals surface area contributed by atoms with E-state index in [4.69, 9.17) is 4.74 Å². The number of carbonyl (C=O) groups excluding carboxylic acids is 2. The molecule has 86 valence electrons. The van der Waals surface area contributed by atoms with E-state index in [2.05, 4.69) is 0 Å². The van der Waals surface area contributed by atoms with Crippen LogP contribution in [-0.2, 0) is 9.53 Å². The lowest BCUT2D eigenvalue weighted by Gasteiger charge is -2.41. The number of rotatable bonds is 1. The zero-order valence-corrected chi connectivity index (χ0v) is 10.0. The maximum absolute atomic E-state index is 11.7. The number of carbonyl (C=O) groups is 2.